The van der Waals surface area contributed by atoms with Crippen molar-refractivity contribution >= 4 is 39.1 Å². The van der Waals surface area contributed by atoms with E-state index in [4.69, 9.17) is 0 Å². The Bertz CT molecular complexity index is 885. The van der Waals surface area contributed by atoms with Gasteiger partial charge in [0.15, 0.2) is 0 Å². The molecule has 0 aliphatic heterocycles. The second-order valence-corrected chi connectivity index (χ2v) is 6.49. The number of amides is 2. The van der Waals surface area contributed by atoms with E-state index in [1.54, 1.807) is 24.3 Å². The first kappa shape index (κ1) is 16.1. The van der Waals surface area contributed by atoms with Crippen LogP contribution in [0.2, 0.25) is 0 Å². The van der Waals surface area contributed by atoms with Gasteiger partial charge in [0.2, 0.25) is 0 Å². The van der Waals surface area contributed by atoms with Crippen LogP contribution in [0.15, 0.2) is 48.5 Å². The summed E-state index contributed by atoms with van der Waals surface area (Å²) in [4.78, 5) is 24.3. The van der Waals surface area contributed by atoms with Gasteiger partial charge >= 0.3 is 0 Å². The maximum absolute atomic E-state index is 12.4. The van der Waals surface area contributed by atoms with Crippen LogP contribution < -0.4 is 10.6 Å². The molecule has 6 heteroatoms. The lowest BCUT2D eigenvalue weighted by molar-refractivity contribution is 0.0942. The Morgan fingerprint density at radius 1 is 1.00 bits per heavy atom. The summed E-state index contributed by atoms with van der Waals surface area (Å²) in [6.07, 6.45) is 0. The van der Waals surface area contributed by atoms with E-state index in [1.807, 2.05) is 38.1 Å². The molecule has 2 aromatic carbocycles. The van der Waals surface area contributed by atoms with Crippen LogP contribution in [0.3, 0.4) is 0 Å². The predicted molar refractivity (Wildman–Crippen MR) is 96.6 cm³/mol. The van der Waals surface area contributed by atoms with Crippen LogP contribution in [0.4, 0.5) is 5.69 Å². The summed E-state index contributed by atoms with van der Waals surface area (Å²) in [5, 5.41) is 6.48. The highest BCUT2D eigenvalue weighted by molar-refractivity contribution is 7.13. The minimum Gasteiger partial charge on any atom is -0.350 e. The van der Waals surface area contributed by atoms with Crippen LogP contribution in [0.1, 0.15) is 34.7 Å². The highest BCUT2D eigenvalue weighted by Gasteiger charge is 2.14. The standard InChI is InChI=1S/C18H17N3O2S/c1-11(2)19-17(22)12-7-9-13(10-8-12)20-18(23)16-14-5-3-4-6-15(14)24-21-16/h3-11H,1-2H3,(H,19,22)(H,20,23). The number of carbonyl (C=O) groups excluding carboxylic acids is 2. The molecule has 0 spiro atoms. The molecule has 0 aliphatic carbocycles. The second-order valence-electron chi connectivity index (χ2n) is 5.69. The van der Waals surface area contributed by atoms with Crippen molar-refractivity contribution in [1.29, 1.82) is 0 Å². The molecule has 1 aromatic heterocycles. The normalized spacial score (nSPS) is 10.8. The molecule has 0 saturated carbocycles. The van der Waals surface area contributed by atoms with Crippen LogP contribution >= 0.6 is 11.5 Å². The smallest absolute Gasteiger partial charge is 0.276 e. The van der Waals surface area contributed by atoms with E-state index in [0.29, 0.717) is 16.9 Å². The van der Waals surface area contributed by atoms with Gasteiger partial charge in [0, 0.05) is 22.7 Å². The summed E-state index contributed by atoms with van der Waals surface area (Å²) in [6, 6.07) is 14.5. The minimum absolute atomic E-state index is 0.0785. The van der Waals surface area contributed by atoms with Gasteiger partial charge in [-0.3, -0.25) is 9.59 Å². The molecule has 0 unspecified atom stereocenters. The Hall–Kier alpha value is -2.73. The fourth-order valence-electron chi connectivity index (χ4n) is 2.29. The number of fused-ring (bicyclic) bond motifs is 1. The number of carbonyl (C=O) groups is 2. The molecule has 122 valence electrons. The van der Waals surface area contributed by atoms with E-state index in [-0.39, 0.29) is 17.9 Å². The summed E-state index contributed by atoms with van der Waals surface area (Å²) >= 11 is 1.30. The number of benzene rings is 2. The van der Waals surface area contributed by atoms with Crippen molar-refractivity contribution in [1.82, 2.24) is 9.69 Å². The number of rotatable bonds is 4. The molecule has 2 amide bonds. The van der Waals surface area contributed by atoms with Gasteiger partial charge in [-0.25, -0.2) is 0 Å². The molecule has 3 aromatic rings. The molecule has 0 saturated heterocycles. The Balaban J connectivity index is 1.74. The first-order valence-corrected chi connectivity index (χ1v) is 8.38. The summed E-state index contributed by atoms with van der Waals surface area (Å²) in [5.41, 5.74) is 1.59. The van der Waals surface area contributed by atoms with Gasteiger partial charge < -0.3 is 10.6 Å². The lowest BCUT2D eigenvalue weighted by Crippen LogP contribution is -2.30. The van der Waals surface area contributed by atoms with Gasteiger partial charge in [-0.05, 0) is 55.7 Å². The summed E-state index contributed by atoms with van der Waals surface area (Å²) in [7, 11) is 0. The topological polar surface area (TPSA) is 71.1 Å². The second kappa shape index (κ2) is 6.80. The number of nitrogens with one attached hydrogen (secondary N) is 2. The first-order valence-electron chi connectivity index (χ1n) is 7.61. The molecular weight excluding hydrogens is 322 g/mol. The number of aromatic nitrogens is 1. The zero-order valence-corrected chi connectivity index (χ0v) is 14.2. The van der Waals surface area contributed by atoms with Gasteiger partial charge in [-0.1, -0.05) is 18.2 Å². The van der Waals surface area contributed by atoms with E-state index < -0.39 is 0 Å². The molecule has 2 N–H and O–H groups in total. The largest absolute Gasteiger partial charge is 0.350 e. The Labute approximate surface area is 143 Å². The van der Waals surface area contributed by atoms with Crippen LogP contribution in [-0.4, -0.2) is 22.2 Å². The highest BCUT2D eigenvalue weighted by atomic mass is 32.1. The summed E-state index contributed by atoms with van der Waals surface area (Å²) < 4.78 is 5.21. The molecule has 0 radical (unpaired) electrons. The number of anilines is 1. The first-order chi connectivity index (χ1) is 11.5. The van der Waals surface area contributed by atoms with Gasteiger partial charge in [-0.15, -0.1) is 0 Å². The Morgan fingerprint density at radius 3 is 2.42 bits per heavy atom. The van der Waals surface area contributed by atoms with Crippen LogP contribution in [0, 0.1) is 0 Å². The quantitative estimate of drug-likeness (QED) is 0.761. The maximum Gasteiger partial charge on any atom is 0.276 e. The summed E-state index contributed by atoms with van der Waals surface area (Å²) in [6.45, 7) is 3.81. The van der Waals surface area contributed by atoms with Crippen molar-refractivity contribution in [3.63, 3.8) is 0 Å². The van der Waals surface area contributed by atoms with E-state index in [1.165, 1.54) is 11.5 Å². The Morgan fingerprint density at radius 2 is 1.71 bits per heavy atom. The fraction of sp³-hybridized carbons (Fsp3) is 0.167. The van der Waals surface area contributed by atoms with Crippen LogP contribution in [0.5, 0.6) is 0 Å². The average Bonchev–Trinajstić information content (AvgIpc) is 2.99. The molecule has 1 heterocycles. The SMILES string of the molecule is CC(C)NC(=O)c1ccc(NC(=O)c2nsc3ccccc23)cc1. The van der Waals surface area contributed by atoms with Gasteiger partial charge in [0.25, 0.3) is 11.8 Å². The van der Waals surface area contributed by atoms with E-state index in [2.05, 4.69) is 15.0 Å². The molecule has 0 aliphatic rings. The third-order valence-corrected chi connectivity index (χ3v) is 4.24. The van der Waals surface area contributed by atoms with E-state index in [0.717, 1.165) is 10.1 Å². The Kier molecular flexibility index (Phi) is 4.57. The van der Waals surface area contributed by atoms with Gasteiger partial charge in [0.1, 0.15) is 5.69 Å². The van der Waals surface area contributed by atoms with Crippen molar-refractivity contribution < 1.29 is 9.59 Å². The molecule has 5 nitrogen and oxygen atoms in total. The minimum atomic E-state index is -0.258. The molecule has 0 bridgehead atoms. The van der Waals surface area contributed by atoms with Crippen LogP contribution in [0.25, 0.3) is 10.1 Å². The van der Waals surface area contributed by atoms with E-state index in [9.17, 15) is 9.59 Å². The number of hydrogen-bond donors (Lipinski definition) is 2. The third kappa shape index (κ3) is 3.44. The van der Waals surface area contributed by atoms with Gasteiger partial charge in [-0.2, -0.15) is 4.37 Å². The highest BCUT2D eigenvalue weighted by Crippen LogP contribution is 2.23. The molecule has 0 atom stereocenters. The van der Waals surface area contributed by atoms with Crippen molar-refractivity contribution in [3.8, 4) is 0 Å². The fourth-order valence-corrected chi connectivity index (χ4v) is 3.06. The van der Waals surface area contributed by atoms with Crippen LogP contribution in [-0.2, 0) is 0 Å². The zero-order chi connectivity index (χ0) is 17.1. The van der Waals surface area contributed by atoms with Crippen molar-refractivity contribution in [3.05, 3.63) is 59.8 Å². The summed E-state index contributed by atoms with van der Waals surface area (Å²) in [5.74, 6) is -0.389. The molecular formula is C18H17N3O2S. The number of hydrogen-bond acceptors (Lipinski definition) is 4. The van der Waals surface area contributed by atoms with E-state index >= 15 is 0 Å². The molecule has 3 rings (SSSR count). The predicted octanol–water partition coefficient (Wildman–Crippen LogP) is 3.69. The zero-order valence-electron chi connectivity index (χ0n) is 13.4. The van der Waals surface area contributed by atoms with Gasteiger partial charge in [0.05, 0.1) is 4.70 Å². The van der Waals surface area contributed by atoms with Crippen molar-refractivity contribution in [2.24, 2.45) is 0 Å². The number of nitrogens with zero attached hydrogens (tertiary/aromatic N) is 1. The maximum atomic E-state index is 12.4. The molecule has 24 heavy (non-hydrogen) atoms. The average molecular weight is 339 g/mol. The lowest BCUT2D eigenvalue weighted by atomic mass is 10.1. The lowest BCUT2D eigenvalue weighted by Gasteiger charge is -2.09. The van der Waals surface area contributed by atoms with Crippen molar-refractivity contribution in [2.75, 3.05) is 5.32 Å². The third-order valence-electron chi connectivity index (χ3n) is 3.42. The molecule has 0 fully saturated rings. The monoisotopic (exact) mass is 339 g/mol. The van der Waals surface area contributed by atoms with Crippen molar-refractivity contribution in [2.45, 2.75) is 19.9 Å².